The maximum absolute atomic E-state index is 11.0. The van der Waals surface area contributed by atoms with Gasteiger partial charge in [-0.3, -0.25) is 14.5 Å². The van der Waals surface area contributed by atoms with Crippen molar-refractivity contribution >= 4 is 11.8 Å². The largest absolute Gasteiger partial charge is 0.387 e. The lowest BCUT2D eigenvalue weighted by Crippen LogP contribution is -2.45. The van der Waals surface area contributed by atoms with E-state index in [-0.39, 0.29) is 31.2 Å². The van der Waals surface area contributed by atoms with E-state index in [1.165, 1.54) is 0 Å². The van der Waals surface area contributed by atoms with E-state index >= 15 is 0 Å². The van der Waals surface area contributed by atoms with Crippen molar-refractivity contribution in [3.05, 3.63) is 0 Å². The molecule has 0 radical (unpaired) electrons. The van der Waals surface area contributed by atoms with Gasteiger partial charge in [0.2, 0.25) is 11.8 Å². The van der Waals surface area contributed by atoms with Crippen molar-refractivity contribution in [1.82, 2.24) is 4.90 Å². The molecule has 0 spiro atoms. The Hall–Kier alpha value is -0.980. The van der Waals surface area contributed by atoms with Gasteiger partial charge in [-0.05, 0) is 0 Å². The molecule has 1 saturated heterocycles. The van der Waals surface area contributed by atoms with Crippen molar-refractivity contribution in [2.45, 2.75) is 25.2 Å². The highest BCUT2D eigenvalue weighted by molar-refractivity contribution is 6.01. The third kappa shape index (κ3) is 2.24. The summed E-state index contributed by atoms with van der Waals surface area (Å²) in [5, 5.41) is 17.8. The first-order chi connectivity index (χ1) is 6.02. The van der Waals surface area contributed by atoms with Gasteiger partial charge in [0, 0.05) is 12.8 Å². The summed E-state index contributed by atoms with van der Waals surface area (Å²) < 4.78 is 0. The van der Waals surface area contributed by atoms with Gasteiger partial charge in [-0.25, -0.2) is 0 Å². The molecule has 0 aliphatic carbocycles. The lowest BCUT2D eigenvalue weighted by molar-refractivity contribution is -0.141. The van der Waals surface area contributed by atoms with Crippen LogP contribution in [-0.2, 0) is 9.59 Å². The quantitative estimate of drug-likeness (QED) is 0.343. The van der Waals surface area contributed by atoms with Crippen LogP contribution in [0.1, 0.15) is 12.8 Å². The van der Waals surface area contributed by atoms with E-state index in [1.807, 2.05) is 0 Å². The van der Waals surface area contributed by atoms with Crippen LogP contribution in [-0.4, -0.2) is 45.8 Å². The predicted molar refractivity (Wildman–Crippen MR) is 42.2 cm³/mol. The SMILES string of the molecule is NC(O)C(O)CN1C(=O)CCC1=O. The van der Waals surface area contributed by atoms with Crippen LogP contribution >= 0.6 is 0 Å². The van der Waals surface area contributed by atoms with Crippen LogP contribution in [0.15, 0.2) is 0 Å². The van der Waals surface area contributed by atoms with E-state index in [4.69, 9.17) is 15.9 Å². The van der Waals surface area contributed by atoms with Crippen molar-refractivity contribution in [3.8, 4) is 0 Å². The topological polar surface area (TPSA) is 104 Å². The molecule has 1 heterocycles. The molecule has 2 atom stereocenters. The number of likely N-dealkylation sites (tertiary alicyclic amines) is 1. The number of nitrogens with zero attached hydrogens (tertiary/aromatic N) is 1. The molecular formula is C7H12N2O4. The monoisotopic (exact) mass is 188 g/mol. The highest BCUT2D eigenvalue weighted by Gasteiger charge is 2.31. The zero-order chi connectivity index (χ0) is 10.0. The van der Waals surface area contributed by atoms with E-state index < -0.39 is 12.3 Å². The van der Waals surface area contributed by atoms with Crippen LogP contribution in [0.5, 0.6) is 0 Å². The second-order valence-corrected chi connectivity index (χ2v) is 2.96. The van der Waals surface area contributed by atoms with Crippen LogP contribution in [0.25, 0.3) is 0 Å². The summed E-state index contributed by atoms with van der Waals surface area (Å²) in [4.78, 5) is 22.9. The van der Waals surface area contributed by atoms with Crippen molar-refractivity contribution < 1.29 is 19.8 Å². The summed E-state index contributed by atoms with van der Waals surface area (Å²) in [7, 11) is 0. The normalized spacial score (nSPS) is 22.2. The Morgan fingerprint density at radius 2 is 1.77 bits per heavy atom. The second-order valence-electron chi connectivity index (χ2n) is 2.96. The van der Waals surface area contributed by atoms with E-state index in [2.05, 4.69) is 0 Å². The summed E-state index contributed by atoms with van der Waals surface area (Å²) in [5.41, 5.74) is 4.96. The third-order valence-corrected chi connectivity index (χ3v) is 1.92. The smallest absolute Gasteiger partial charge is 0.229 e. The molecule has 0 saturated carbocycles. The Kier molecular flexibility index (Phi) is 2.97. The Morgan fingerprint density at radius 1 is 1.31 bits per heavy atom. The first-order valence-electron chi connectivity index (χ1n) is 3.97. The molecule has 4 N–H and O–H groups in total. The van der Waals surface area contributed by atoms with Crippen LogP contribution in [0.2, 0.25) is 0 Å². The Labute approximate surface area is 74.9 Å². The van der Waals surface area contributed by atoms with Gasteiger partial charge in [-0.1, -0.05) is 0 Å². The van der Waals surface area contributed by atoms with Gasteiger partial charge in [0.15, 0.2) is 0 Å². The van der Waals surface area contributed by atoms with Gasteiger partial charge in [-0.2, -0.15) is 0 Å². The summed E-state index contributed by atoms with van der Waals surface area (Å²) in [6.45, 7) is -0.227. The van der Waals surface area contributed by atoms with Gasteiger partial charge >= 0.3 is 0 Å². The number of β-amino-alcohol motifs (C(OH)–C–C–N with tert-alkyl or cyclic N) is 1. The van der Waals surface area contributed by atoms with Crippen molar-refractivity contribution in [2.75, 3.05) is 6.54 Å². The summed E-state index contributed by atoms with van der Waals surface area (Å²) in [5.74, 6) is -0.658. The molecule has 13 heavy (non-hydrogen) atoms. The minimum absolute atomic E-state index is 0.173. The lowest BCUT2D eigenvalue weighted by atomic mass is 10.3. The van der Waals surface area contributed by atoms with E-state index in [1.54, 1.807) is 0 Å². The average Bonchev–Trinajstić information content (AvgIpc) is 2.35. The number of carbonyl (C=O) groups is 2. The van der Waals surface area contributed by atoms with Gasteiger partial charge in [-0.15, -0.1) is 0 Å². The van der Waals surface area contributed by atoms with Gasteiger partial charge in [0.1, 0.15) is 12.3 Å². The van der Waals surface area contributed by atoms with E-state index in [0.29, 0.717) is 0 Å². The number of amides is 2. The van der Waals surface area contributed by atoms with E-state index in [9.17, 15) is 9.59 Å². The molecule has 6 heteroatoms. The number of nitrogens with two attached hydrogens (primary N) is 1. The molecule has 1 fully saturated rings. The summed E-state index contributed by atoms with van der Waals surface area (Å²) in [6.07, 6.45) is -2.36. The van der Waals surface area contributed by atoms with Crippen molar-refractivity contribution in [2.24, 2.45) is 5.73 Å². The van der Waals surface area contributed by atoms with Crippen LogP contribution in [0.4, 0.5) is 0 Å². The number of aliphatic hydroxyl groups excluding tert-OH is 2. The Balaban J connectivity index is 2.52. The second kappa shape index (κ2) is 3.82. The van der Waals surface area contributed by atoms with Gasteiger partial charge < -0.3 is 15.9 Å². The van der Waals surface area contributed by atoms with Crippen LogP contribution in [0.3, 0.4) is 0 Å². The Bertz CT molecular complexity index is 213. The molecule has 0 aromatic rings. The molecular weight excluding hydrogens is 176 g/mol. The molecule has 1 aliphatic heterocycles. The van der Waals surface area contributed by atoms with Gasteiger partial charge in [0.25, 0.3) is 0 Å². The predicted octanol–water partition coefficient (Wildman–Crippen LogP) is -2.23. The average molecular weight is 188 g/mol. The first kappa shape index (κ1) is 10.1. The molecule has 2 unspecified atom stereocenters. The molecule has 2 amide bonds. The minimum atomic E-state index is -1.43. The molecule has 6 nitrogen and oxygen atoms in total. The zero-order valence-electron chi connectivity index (χ0n) is 7.01. The number of imide groups is 1. The molecule has 74 valence electrons. The number of rotatable bonds is 3. The van der Waals surface area contributed by atoms with E-state index in [0.717, 1.165) is 4.90 Å². The third-order valence-electron chi connectivity index (χ3n) is 1.92. The van der Waals surface area contributed by atoms with Crippen LogP contribution < -0.4 is 5.73 Å². The fourth-order valence-electron chi connectivity index (χ4n) is 1.12. The Morgan fingerprint density at radius 3 is 2.15 bits per heavy atom. The highest BCUT2D eigenvalue weighted by Crippen LogP contribution is 2.12. The highest BCUT2D eigenvalue weighted by atomic mass is 16.3. The number of aliphatic hydroxyl groups is 2. The van der Waals surface area contributed by atoms with Gasteiger partial charge in [0.05, 0.1) is 6.54 Å². The minimum Gasteiger partial charge on any atom is -0.387 e. The molecule has 1 aliphatic rings. The molecule has 1 rings (SSSR count). The fourth-order valence-corrected chi connectivity index (χ4v) is 1.12. The lowest BCUT2D eigenvalue weighted by Gasteiger charge is -2.19. The maximum Gasteiger partial charge on any atom is 0.229 e. The molecule has 0 aromatic heterocycles. The molecule has 0 bridgehead atoms. The van der Waals surface area contributed by atoms with Crippen molar-refractivity contribution in [3.63, 3.8) is 0 Å². The number of hydrogen-bond donors (Lipinski definition) is 3. The first-order valence-corrected chi connectivity index (χ1v) is 3.97. The summed E-state index contributed by atoms with van der Waals surface area (Å²) >= 11 is 0. The maximum atomic E-state index is 11.0. The number of hydrogen-bond acceptors (Lipinski definition) is 5. The van der Waals surface area contributed by atoms with Crippen molar-refractivity contribution in [1.29, 1.82) is 0 Å². The zero-order valence-corrected chi connectivity index (χ0v) is 7.01. The standard InChI is InChI=1S/C7H12N2O4/c8-7(13)4(10)3-9-5(11)1-2-6(9)12/h4,7,10,13H,1-3,8H2. The fraction of sp³-hybridized carbons (Fsp3) is 0.714. The molecule has 0 aromatic carbocycles. The summed E-state index contributed by atoms with van der Waals surface area (Å²) in [6, 6.07) is 0. The number of carbonyl (C=O) groups excluding carboxylic acids is 2. The van der Waals surface area contributed by atoms with Crippen LogP contribution in [0, 0.1) is 0 Å².